The van der Waals surface area contributed by atoms with Crippen LogP contribution in [0.25, 0.3) is 0 Å². The van der Waals surface area contributed by atoms with Gasteiger partial charge in [0.1, 0.15) is 0 Å². The monoisotopic (exact) mass is 172 g/mol. The van der Waals surface area contributed by atoms with Gasteiger partial charge in [-0.05, 0) is 6.92 Å². The molecule has 0 aliphatic carbocycles. The third-order valence-corrected chi connectivity index (χ3v) is 1.55. The van der Waals surface area contributed by atoms with Crippen molar-refractivity contribution in [1.29, 1.82) is 0 Å². The highest BCUT2D eigenvalue weighted by Gasteiger charge is 2.12. The van der Waals surface area contributed by atoms with Crippen LogP contribution in [0.3, 0.4) is 0 Å². The van der Waals surface area contributed by atoms with Crippen molar-refractivity contribution in [1.82, 2.24) is 9.78 Å². The van der Waals surface area contributed by atoms with Crippen LogP contribution in [0, 0.1) is 0 Å². The number of alkyl halides is 1. The number of hydrogen-bond acceptors (Lipinski definition) is 2. The Bertz CT molecular complexity index is 267. The van der Waals surface area contributed by atoms with E-state index in [1.807, 2.05) is 0 Å². The number of halogens is 1. The fraction of sp³-hybridized carbons (Fsp3) is 0.429. The highest BCUT2D eigenvalue weighted by atomic mass is 35.5. The number of ketones is 1. The number of rotatable bonds is 2. The van der Waals surface area contributed by atoms with Crippen LogP contribution in [0.5, 0.6) is 0 Å². The van der Waals surface area contributed by atoms with Crippen LogP contribution < -0.4 is 0 Å². The van der Waals surface area contributed by atoms with Gasteiger partial charge in [-0.15, -0.1) is 11.6 Å². The molecule has 0 saturated carbocycles. The molecule has 1 rings (SSSR count). The molecule has 4 heteroatoms. The Morgan fingerprint density at radius 2 is 2.45 bits per heavy atom. The second kappa shape index (κ2) is 3.05. The number of carbonyl (C=O) groups is 1. The van der Waals surface area contributed by atoms with Gasteiger partial charge in [0, 0.05) is 13.2 Å². The molecule has 0 aromatic carbocycles. The molecular weight excluding hydrogens is 164 g/mol. The van der Waals surface area contributed by atoms with E-state index in [1.54, 1.807) is 24.9 Å². The van der Waals surface area contributed by atoms with Crippen LogP contribution in [0.4, 0.5) is 0 Å². The van der Waals surface area contributed by atoms with E-state index < -0.39 is 5.38 Å². The normalized spacial score (nSPS) is 13.0. The minimum absolute atomic E-state index is 0.0835. The first-order valence-electron chi connectivity index (χ1n) is 3.28. The molecule has 0 aliphatic heterocycles. The Hall–Kier alpha value is -0.830. The van der Waals surface area contributed by atoms with Crippen molar-refractivity contribution >= 4 is 17.4 Å². The summed E-state index contributed by atoms with van der Waals surface area (Å²) in [5.41, 5.74) is 0.565. The lowest BCUT2D eigenvalue weighted by Gasteiger charge is -1.95. The molecule has 60 valence electrons. The predicted octanol–water partition coefficient (Wildman–Crippen LogP) is 1.23. The predicted molar refractivity (Wildman–Crippen MR) is 42.9 cm³/mol. The van der Waals surface area contributed by atoms with E-state index >= 15 is 0 Å². The molecule has 0 N–H and O–H groups in total. The molecule has 1 unspecified atom stereocenters. The van der Waals surface area contributed by atoms with E-state index in [4.69, 9.17) is 11.6 Å². The molecule has 1 aromatic rings. The lowest BCUT2D eigenvalue weighted by molar-refractivity contribution is 0.0991. The van der Waals surface area contributed by atoms with E-state index in [0.717, 1.165) is 0 Å². The number of aryl methyl sites for hydroxylation is 1. The van der Waals surface area contributed by atoms with Crippen LogP contribution in [0.15, 0.2) is 12.4 Å². The van der Waals surface area contributed by atoms with E-state index in [0.29, 0.717) is 5.56 Å². The smallest absolute Gasteiger partial charge is 0.183 e. The Kier molecular flexibility index (Phi) is 2.29. The van der Waals surface area contributed by atoms with Gasteiger partial charge in [-0.3, -0.25) is 9.48 Å². The summed E-state index contributed by atoms with van der Waals surface area (Å²) >= 11 is 5.59. The Morgan fingerprint density at radius 3 is 2.82 bits per heavy atom. The highest BCUT2D eigenvalue weighted by Crippen LogP contribution is 2.05. The Morgan fingerprint density at radius 1 is 1.82 bits per heavy atom. The average Bonchev–Trinajstić information content (AvgIpc) is 2.34. The molecule has 0 bridgehead atoms. The molecule has 0 saturated heterocycles. The zero-order chi connectivity index (χ0) is 8.43. The van der Waals surface area contributed by atoms with Crippen LogP contribution >= 0.6 is 11.6 Å². The van der Waals surface area contributed by atoms with E-state index in [2.05, 4.69) is 5.10 Å². The molecule has 3 nitrogen and oxygen atoms in total. The Labute approximate surface area is 70.0 Å². The molecule has 0 radical (unpaired) electrons. The largest absolute Gasteiger partial charge is 0.292 e. The van der Waals surface area contributed by atoms with Crippen molar-refractivity contribution in [3.8, 4) is 0 Å². The molecule has 0 amide bonds. The number of hydrogen-bond donors (Lipinski definition) is 0. The molecular formula is C7H9ClN2O. The minimum atomic E-state index is -0.473. The van der Waals surface area contributed by atoms with Crippen LogP contribution in [-0.4, -0.2) is 20.9 Å². The van der Waals surface area contributed by atoms with Crippen LogP contribution in [-0.2, 0) is 7.05 Å². The van der Waals surface area contributed by atoms with Gasteiger partial charge in [-0.1, -0.05) is 0 Å². The van der Waals surface area contributed by atoms with Crippen LogP contribution in [0.2, 0.25) is 0 Å². The van der Waals surface area contributed by atoms with Gasteiger partial charge >= 0.3 is 0 Å². The maximum Gasteiger partial charge on any atom is 0.183 e. The van der Waals surface area contributed by atoms with Crippen LogP contribution in [0.1, 0.15) is 17.3 Å². The third-order valence-electron chi connectivity index (χ3n) is 1.35. The lowest BCUT2D eigenvalue weighted by Crippen LogP contribution is -2.09. The molecule has 1 aromatic heterocycles. The first-order chi connectivity index (χ1) is 5.11. The summed E-state index contributed by atoms with van der Waals surface area (Å²) in [4.78, 5) is 11.2. The first-order valence-corrected chi connectivity index (χ1v) is 3.72. The summed E-state index contributed by atoms with van der Waals surface area (Å²) in [6, 6.07) is 0. The van der Waals surface area contributed by atoms with Gasteiger partial charge in [0.15, 0.2) is 5.78 Å². The van der Waals surface area contributed by atoms with Gasteiger partial charge in [0.25, 0.3) is 0 Å². The number of Topliss-reactive ketones (excluding diaryl/α,β-unsaturated/α-hetero) is 1. The van der Waals surface area contributed by atoms with Gasteiger partial charge in [-0.25, -0.2) is 0 Å². The second-order valence-corrected chi connectivity index (χ2v) is 3.04. The lowest BCUT2D eigenvalue weighted by atomic mass is 10.2. The van der Waals surface area contributed by atoms with Gasteiger partial charge in [0.2, 0.25) is 0 Å². The fourth-order valence-electron chi connectivity index (χ4n) is 0.778. The molecule has 0 aliphatic rings. The maximum atomic E-state index is 11.2. The van der Waals surface area contributed by atoms with Crippen molar-refractivity contribution in [2.24, 2.45) is 7.05 Å². The minimum Gasteiger partial charge on any atom is -0.292 e. The highest BCUT2D eigenvalue weighted by molar-refractivity contribution is 6.33. The standard InChI is InChI=1S/C7H9ClN2O/c1-5(8)7(11)6-3-9-10(2)4-6/h3-5H,1-2H3. The summed E-state index contributed by atoms with van der Waals surface area (Å²) in [7, 11) is 1.76. The first kappa shape index (κ1) is 8.27. The van der Waals surface area contributed by atoms with Crippen molar-refractivity contribution in [3.05, 3.63) is 18.0 Å². The SMILES string of the molecule is CC(Cl)C(=O)c1cnn(C)c1. The van der Waals surface area contributed by atoms with Gasteiger partial charge < -0.3 is 0 Å². The van der Waals surface area contributed by atoms with Gasteiger partial charge in [-0.2, -0.15) is 5.10 Å². The summed E-state index contributed by atoms with van der Waals surface area (Å²) < 4.78 is 1.58. The average molecular weight is 173 g/mol. The molecule has 1 atom stereocenters. The zero-order valence-electron chi connectivity index (χ0n) is 6.41. The summed E-state index contributed by atoms with van der Waals surface area (Å²) in [5, 5.41) is 3.38. The van der Waals surface area contributed by atoms with Gasteiger partial charge in [0.05, 0.1) is 17.1 Å². The van der Waals surface area contributed by atoms with Crippen molar-refractivity contribution < 1.29 is 4.79 Å². The second-order valence-electron chi connectivity index (χ2n) is 2.38. The van der Waals surface area contributed by atoms with Crippen molar-refractivity contribution in [3.63, 3.8) is 0 Å². The molecule has 0 fully saturated rings. The zero-order valence-corrected chi connectivity index (χ0v) is 7.17. The van der Waals surface area contributed by atoms with E-state index in [1.165, 1.54) is 6.20 Å². The molecule has 0 spiro atoms. The van der Waals surface area contributed by atoms with E-state index in [9.17, 15) is 4.79 Å². The van der Waals surface area contributed by atoms with Crippen molar-refractivity contribution in [2.45, 2.75) is 12.3 Å². The molecule has 11 heavy (non-hydrogen) atoms. The topological polar surface area (TPSA) is 34.9 Å². The maximum absolute atomic E-state index is 11.2. The summed E-state index contributed by atoms with van der Waals surface area (Å²) in [6.45, 7) is 1.65. The fourth-order valence-corrected chi connectivity index (χ4v) is 0.904. The molecule has 1 heterocycles. The summed E-state index contributed by atoms with van der Waals surface area (Å²) in [6.07, 6.45) is 3.17. The summed E-state index contributed by atoms with van der Waals surface area (Å²) in [5.74, 6) is -0.0835. The van der Waals surface area contributed by atoms with E-state index in [-0.39, 0.29) is 5.78 Å². The third kappa shape index (κ3) is 1.80. The Balaban J connectivity index is 2.85. The number of nitrogens with zero attached hydrogens (tertiary/aromatic N) is 2. The number of carbonyl (C=O) groups excluding carboxylic acids is 1. The number of aromatic nitrogens is 2. The van der Waals surface area contributed by atoms with Crippen molar-refractivity contribution in [2.75, 3.05) is 0 Å². The quantitative estimate of drug-likeness (QED) is 0.497.